The molecule has 19 heavy (non-hydrogen) atoms. The molecule has 0 bridgehead atoms. The molecule has 104 valence electrons. The van der Waals surface area contributed by atoms with Crippen LogP contribution in [0.2, 0.25) is 0 Å². The average molecular weight is 261 g/mol. The Balaban J connectivity index is 1.78. The van der Waals surface area contributed by atoms with Crippen LogP contribution in [0.15, 0.2) is 30.3 Å². The van der Waals surface area contributed by atoms with Crippen LogP contribution in [0.25, 0.3) is 0 Å². The second-order valence-electron chi connectivity index (χ2n) is 5.34. The fourth-order valence-electron chi connectivity index (χ4n) is 2.34. The molecule has 1 aromatic rings. The van der Waals surface area contributed by atoms with Gasteiger partial charge in [-0.05, 0) is 19.7 Å². The van der Waals surface area contributed by atoms with Crippen molar-refractivity contribution in [2.75, 3.05) is 46.8 Å². The van der Waals surface area contributed by atoms with Crippen LogP contribution in [0.4, 0.5) is 0 Å². The number of hydrogen-bond acceptors (Lipinski definition) is 3. The van der Waals surface area contributed by atoms with E-state index in [0.717, 1.165) is 32.7 Å². The van der Waals surface area contributed by atoms with Crippen molar-refractivity contribution in [2.24, 2.45) is 0 Å². The predicted molar refractivity (Wildman–Crippen MR) is 76.9 cm³/mol. The van der Waals surface area contributed by atoms with E-state index >= 15 is 0 Å². The second-order valence-corrected chi connectivity index (χ2v) is 5.34. The lowest BCUT2D eigenvalue weighted by atomic mass is 10.2. The van der Waals surface area contributed by atoms with Gasteiger partial charge in [-0.1, -0.05) is 30.3 Å². The summed E-state index contributed by atoms with van der Waals surface area (Å²) in [7, 11) is 4.10. The first kappa shape index (κ1) is 14.0. The number of hydrogen-bond donors (Lipinski definition) is 0. The fraction of sp³-hybridized carbons (Fsp3) is 0.533. The number of rotatable bonds is 4. The van der Waals surface area contributed by atoms with Crippen molar-refractivity contribution >= 4 is 5.91 Å². The zero-order chi connectivity index (χ0) is 13.7. The molecule has 1 aliphatic heterocycles. The maximum atomic E-state index is 12.2. The van der Waals surface area contributed by atoms with Gasteiger partial charge in [0.15, 0.2) is 0 Å². The largest absolute Gasteiger partial charge is 0.339 e. The summed E-state index contributed by atoms with van der Waals surface area (Å²) >= 11 is 0. The van der Waals surface area contributed by atoms with Gasteiger partial charge < -0.3 is 9.80 Å². The van der Waals surface area contributed by atoms with E-state index in [-0.39, 0.29) is 5.91 Å². The SMILES string of the molecule is CN1CCN(C(=O)CN(C)Cc2ccccc2)CC1. The van der Waals surface area contributed by atoms with E-state index in [4.69, 9.17) is 0 Å². The molecule has 4 heteroatoms. The first-order valence-corrected chi connectivity index (χ1v) is 6.84. The highest BCUT2D eigenvalue weighted by Crippen LogP contribution is 2.04. The van der Waals surface area contributed by atoms with Crippen LogP contribution < -0.4 is 0 Å². The number of piperazine rings is 1. The molecule has 0 spiro atoms. The minimum Gasteiger partial charge on any atom is -0.339 e. The van der Waals surface area contributed by atoms with E-state index in [1.54, 1.807) is 0 Å². The minimum atomic E-state index is 0.242. The molecule has 1 saturated heterocycles. The number of benzene rings is 1. The fourth-order valence-corrected chi connectivity index (χ4v) is 2.34. The summed E-state index contributed by atoms with van der Waals surface area (Å²) in [5, 5.41) is 0. The summed E-state index contributed by atoms with van der Waals surface area (Å²) < 4.78 is 0. The lowest BCUT2D eigenvalue weighted by Gasteiger charge is -2.33. The van der Waals surface area contributed by atoms with E-state index in [1.807, 2.05) is 30.1 Å². The zero-order valence-corrected chi connectivity index (χ0v) is 11.9. The second kappa shape index (κ2) is 6.68. The summed E-state index contributed by atoms with van der Waals surface area (Å²) in [5.74, 6) is 0.242. The number of amides is 1. The monoisotopic (exact) mass is 261 g/mol. The Morgan fingerprint density at radius 1 is 1.16 bits per heavy atom. The standard InChI is InChI=1S/C15H23N3O/c1-16-8-10-18(11-9-16)15(19)13-17(2)12-14-6-4-3-5-7-14/h3-7H,8-13H2,1-2H3. The minimum absolute atomic E-state index is 0.242. The molecule has 0 radical (unpaired) electrons. The first-order chi connectivity index (χ1) is 9.15. The molecule has 0 unspecified atom stereocenters. The third kappa shape index (κ3) is 4.33. The van der Waals surface area contributed by atoms with Crippen LogP contribution in [0.3, 0.4) is 0 Å². The van der Waals surface area contributed by atoms with Crippen molar-refractivity contribution < 1.29 is 4.79 Å². The molecule has 4 nitrogen and oxygen atoms in total. The van der Waals surface area contributed by atoms with E-state index in [1.165, 1.54) is 5.56 Å². The first-order valence-electron chi connectivity index (χ1n) is 6.84. The van der Waals surface area contributed by atoms with Crippen molar-refractivity contribution in [1.82, 2.24) is 14.7 Å². The molecule has 0 aliphatic carbocycles. The molecule has 0 aromatic heterocycles. The molecular formula is C15H23N3O. The van der Waals surface area contributed by atoms with Crippen LogP contribution in [-0.2, 0) is 11.3 Å². The maximum absolute atomic E-state index is 12.2. The predicted octanol–water partition coefficient (Wildman–Crippen LogP) is 0.892. The van der Waals surface area contributed by atoms with Gasteiger partial charge in [-0.3, -0.25) is 9.69 Å². The Morgan fingerprint density at radius 3 is 2.42 bits per heavy atom. The highest BCUT2D eigenvalue weighted by Gasteiger charge is 2.19. The van der Waals surface area contributed by atoms with Crippen LogP contribution in [0.5, 0.6) is 0 Å². The molecule has 0 N–H and O–H groups in total. The van der Waals surface area contributed by atoms with Crippen molar-refractivity contribution in [3.05, 3.63) is 35.9 Å². The summed E-state index contributed by atoms with van der Waals surface area (Å²) in [5.41, 5.74) is 1.25. The molecule has 1 amide bonds. The van der Waals surface area contributed by atoms with E-state index in [0.29, 0.717) is 6.54 Å². The molecule has 1 aromatic carbocycles. The lowest BCUT2D eigenvalue weighted by Crippen LogP contribution is -2.49. The Labute approximate surface area is 115 Å². The normalized spacial score (nSPS) is 16.9. The Kier molecular flexibility index (Phi) is 4.93. The smallest absolute Gasteiger partial charge is 0.236 e. The van der Waals surface area contributed by atoms with Gasteiger partial charge >= 0.3 is 0 Å². The van der Waals surface area contributed by atoms with Gasteiger partial charge in [-0.2, -0.15) is 0 Å². The van der Waals surface area contributed by atoms with E-state index in [2.05, 4.69) is 29.0 Å². The van der Waals surface area contributed by atoms with Gasteiger partial charge in [0, 0.05) is 32.7 Å². The number of carbonyl (C=O) groups is 1. The van der Waals surface area contributed by atoms with Crippen LogP contribution in [0, 0.1) is 0 Å². The molecule has 2 rings (SSSR count). The van der Waals surface area contributed by atoms with Gasteiger partial charge in [0.1, 0.15) is 0 Å². The summed E-state index contributed by atoms with van der Waals surface area (Å²) in [6.07, 6.45) is 0. The quantitative estimate of drug-likeness (QED) is 0.805. The Hall–Kier alpha value is -1.39. The number of carbonyl (C=O) groups excluding carboxylic acids is 1. The Morgan fingerprint density at radius 2 is 1.79 bits per heavy atom. The molecule has 0 saturated carbocycles. The van der Waals surface area contributed by atoms with Crippen LogP contribution in [0.1, 0.15) is 5.56 Å². The van der Waals surface area contributed by atoms with Crippen molar-refractivity contribution in [3.63, 3.8) is 0 Å². The van der Waals surface area contributed by atoms with Gasteiger partial charge in [0.2, 0.25) is 5.91 Å². The molecule has 1 aliphatic rings. The number of likely N-dealkylation sites (N-methyl/N-ethyl adjacent to an activating group) is 2. The highest BCUT2D eigenvalue weighted by molar-refractivity contribution is 5.78. The maximum Gasteiger partial charge on any atom is 0.236 e. The topological polar surface area (TPSA) is 26.8 Å². The summed E-state index contributed by atoms with van der Waals surface area (Å²) in [4.78, 5) is 18.5. The van der Waals surface area contributed by atoms with Crippen LogP contribution >= 0.6 is 0 Å². The molecule has 1 fully saturated rings. The van der Waals surface area contributed by atoms with Crippen molar-refractivity contribution in [1.29, 1.82) is 0 Å². The summed E-state index contributed by atoms with van der Waals surface area (Å²) in [6, 6.07) is 10.3. The third-order valence-corrected chi connectivity index (χ3v) is 3.56. The van der Waals surface area contributed by atoms with E-state index < -0.39 is 0 Å². The summed E-state index contributed by atoms with van der Waals surface area (Å²) in [6.45, 7) is 4.99. The number of nitrogens with zero attached hydrogens (tertiary/aromatic N) is 3. The van der Waals surface area contributed by atoms with Gasteiger partial charge in [0.05, 0.1) is 6.54 Å². The molecule has 0 atom stereocenters. The zero-order valence-electron chi connectivity index (χ0n) is 11.9. The van der Waals surface area contributed by atoms with Crippen molar-refractivity contribution in [3.8, 4) is 0 Å². The third-order valence-electron chi connectivity index (χ3n) is 3.56. The van der Waals surface area contributed by atoms with Gasteiger partial charge in [0.25, 0.3) is 0 Å². The Bertz CT molecular complexity index is 399. The van der Waals surface area contributed by atoms with Crippen LogP contribution in [-0.4, -0.2) is 67.4 Å². The average Bonchev–Trinajstić information content (AvgIpc) is 2.40. The lowest BCUT2D eigenvalue weighted by molar-refractivity contribution is -0.133. The molecular weight excluding hydrogens is 238 g/mol. The van der Waals surface area contributed by atoms with Gasteiger partial charge in [-0.25, -0.2) is 0 Å². The molecule has 1 heterocycles. The van der Waals surface area contributed by atoms with Gasteiger partial charge in [-0.15, -0.1) is 0 Å². The van der Waals surface area contributed by atoms with Crippen molar-refractivity contribution in [2.45, 2.75) is 6.54 Å². The van der Waals surface area contributed by atoms with E-state index in [9.17, 15) is 4.79 Å². The highest BCUT2D eigenvalue weighted by atomic mass is 16.2.